The first-order valence-corrected chi connectivity index (χ1v) is 6.34. The maximum absolute atomic E-state index is 11.5. The first-order valence-electron chi connectivity index (χ1n) is 6.34. The molecule has 0 heterocycles. The van der Waals surface area contributed by atoms with Crippen molar-refractivity contribution in [1.82, 2.24) is 10.6 Å². The highest BCUT2D eigenvalue weighted by molar-refractivity contribution is 5.82. The number of carbonyl (C=O) groups excluding carboxylic acids is 2. The third-order valence-electron chi connectivity index (χ3n) is 2.77. The van der Waals surface area contributed by atoms with E-state index in [1.807, 2.05) is 27.7 Å². The Morgan fingerprint density at radius 2 is 1.11 bits per heavy atom. The number of nitrogens with one attached hydrogen (secondary N) is 2. The van der Waals surface area contributed by atoms with Crippen LogP contribution in [0.15, 0.2) is 0 Å². The van der Waals surface area contributed by atoms with Gasteiger partial charge in [-0.05, 0) is 11.8 Å². The molecule has 0 aromatic heterocycles. The van der Waals surface area contributed by atoms with Crippen molar-refractivity contribution in [2.75, 3.05) is 13.1 Å². The van der Waals surface area contributed by atoms with Crippen LogP contribution < -0.4 is 22.1 Å². The third kappa shape index (κ3) is 5.97. The van der Waals surface area contributed by atoms with Crippen molar-refractivity contribution >= 4 is 11.8 Å². The van der Waals surface area contributed by atoms with Gasteiger partial charge in [-0.2, -0.15) is 0 Å². The van der Waals surface area contributed by atoms with Gasteiger partial charge in [0.1, 0.15) is 0 Å². The highest BCUT2D eigenvalue weighted by Gasteiger charge is 2.18. The van der Waals surface area contributed by atoms with E-state index >= 15 is 0 Å². The molecule has 0 radical (unpaired) electrons. The van der Waals surface area contributed by atoms with E-state index in [1.165, 1.54) is 0 Å². The maximum Gasteiger partial charge on any atom is 0.237 e. The lowest BCUT2D eigenvalue weighted by Crippen LogP contribution is -2.48. The highest BCUT2D eigenvalue weighted by Crippen LogP contribution is 1.98. The lowest BCUT2D eigenvalue weighted by atomic mass is 10.0. The van der Waals surface area contributed by atoms with Crippen molar-refractivity contribution in [1.29, 1.82) is 0 Å². The summed E-state index contributed by atoms with van der Waals surface area (Å²) in [7, 11) is 0. The molecule has 0 spiro atoms. The van der Waals surface area contributed by atoms with Crippen LogP contribution in [0.2, 0.25) is 0 Å². The number of rotatable bonds is 7. The monoisotopic (exact) mass is 258 g/mol. The van der Waals surface area contributed by atoms with Crippen LogP contribution in [-0.2, 0) is 9.59 Å². The molecule has 0 fully saturated rings. The van der Waals surface area contributed by atoms with Gasteiger partial charge in [0.05, 0.1) is 12.1 Å². The molecule has 0 saturated heterocycles. The molecule has 0 aromatic rings. The summed E-state index contributed by atoms with van der Waals surface area (Å²) in [5.41, 5.74) is 11.3. The number of amides is 2. The van der Waals surface area contributed by atoms with Crippen LogP contribution in [0.3, 0.4) is 0 Å². The van der Waals surface area contributed by atoms with Crippen LogP contribution in [0.4, 0.5) is 0 Å². The average Bonchev–Trinajstić information content (AvgIpc) is 2.31. The standard InChI is InChI=1S/C12H26N4O2/c1-7(2)9(13)11(17)15-5-6-16-12(18)10(14)8(3)4/h7-10H,5-6,13-14H2,1-4H3,(H,15,17)(H,16,18)/t9-,10-/m1/s1. The molecule has 6 heteroatoms. The fraction of sp³-hybridized carbons (Fsp3) is 0.833. The van der Waals surface area contributed by atoms with Gasteiger partial charge in [0.15, 0.2) is 0 Å². The Labute approximate surface area is 109 Å². The van der Waals surface area contributed by atoms with Gasteiger partial charge in [0, 0.05) is 13.1 Å². The zero-order chi connectivity index (χ0) is 14.3. The summed E-state index contributed by atoms with van der Waals surface area (Å²) in [4.78, 5) is 23.0. The second kappa shape index (κ2) is 8.05. The Kier molecular flexibility index (Phi) is 7.54. The molecule has 0 bridgehead atoms. The molecule has 6 N–H and O–H groups in total. The van der Waals surface area contributed by atoms with E-state index in [1.54, 1.807) is 0 Å². The predicted octanol–water partition coefficient (Wildman–Crippen LogP) is -0.815. The second-order valence-corrected chi connectivity index (χ2v) is 5.12. The quantitative estimate of drug-likeness (QED) is 0.447. The number of carbonyl (C=O) groups is 2. The number of nitrogens with two attached hydrogens (primary N) is 2. The summed E-state index contributed by atoms with van der Waals surface area (Å²) in [6, 6.07) is -1.03. The Hall–Kier alpha value is -1.14. The first-order chi connectivity index (χ1) is 8.27. The fourth-order valence-corrected chi connectivity index (χ4v) is 1.21. The van der Waals surface area contributed by atoms with Crippen LogP contribution in [0.1, 0.15) is 27.7 Å². The van der Waals surface area contributed by atoms with Crippen molar-refractivity contribution in [3.05, 3.63) is 0 Å². The van der Waals surface area contributed by atoms with E-state index in [0.717, 1.165) is 0 Å². The van der Waals surface area contributed by atoms with Crippen molar-refractivity contribution < 1.29 is 9.59 Å². The summed E-state index contributed by atoms with van der Waals surface area (Å²) in [6.07, 6.45) is 0. The zero-order valence-electron chi connectivity index (χ0n) is 11.7. The first kappa shape index (κ1) is 16.9. The van der Waals surface area contributed by atoms with Crippen molar-refractivity contribution in [3.8, 4) is 0 Å². The lowest BCUT2D eigenvalue weighted by Gasteiger charge is -2.17. The van der Waals surface area contributed by atoms with Gasteiger partial charge in [-0.1, -0.05) is 27.7 Å². The summed E-state index contributed by atoms with van der Waals surface area (Å²) in [5.74, 6) is -0.220. The van der Waals surface area contributed by atoms with Gasteiger partial charge in [-0.15, -0.1) is 0 Å². The van der Waals surface area contributed by atoms with Crippen LogP contribution in [0.5, 0.6) is 0 Å². The smallest absolute Gasteiger partial charge is 0.237 e. The molecule has 0 unspecified atom stereocenters. The molecule has 0 aromatic carbocycles. The topological polar surface area (TPSA) is 110 Å². The number of hydrogen-bond acceptors (Lipinski definition) is 4. The minimum absolute atomic E-state index is 0.0916. The molecular weight excluding hydrogens is 232 g/mol. The summed E-state index contributed by atoms with van der Waals surface area (Å²) < 4.78 is 0. The van der Waals surface area contributed by atoms with Gasteiger partial charge >= 0.3 is 0 Å². The lowest BCUT2D eigenvalue weighted by molar-refractivity contribution is -0.125. The summed E-state index contributed by atoms with van der Waals surface area (Å²) >= 11 is 0. The normalized spacial score (nSPS) is 14.4. The SMILES string of the molecule is CC(C)[C@@H](N)C(=O)NCCNC(=O)[C@H](N)C(C)C. The van der Waals surface area contributed by atoms with Crippen LogP contribution >= 0.6 is 0 Å². The number of hydrogen-bond donors (Lipinski definition) is 4. The minimum Gasteiger partial charge on any atom is -0.353 e. The van der Waals surface area contributed by atoms with Gasteiger partial charge < -0.3 is 22.1 Å². The van der Waals surface area contributed by atoms with Crippen LogP contribution in [-0.4, -0.2) is 37.0 Å². The minimum atomic E-state index is -0.515. The Balaban J connectivity index is 3.81. The van der Waals surface area contributed by atoms with E-state index in [0.29, 0.717) is 13.1 Å². The summed E-state index contributed by atoms with van der Waals surface area (Å²) in [6.45, 7) is 8.24. The van der Waals surface area contributed by atoms with Gasteiger partial charge in [0.2, 0.25) is 11.8 Å². The third-order valence-corrected chi connectivity index (χ3v) is 2.77. The Morgan fingerprint density at radius 3 is 1.33 bits per heavy atom. The Bertz CT molecular complexity index is 251. The van der Waals surface area contributed by atoms with Crippen molar-refractivity contribution in [2.45, 2.75) is 39.8 Å². The Morgan fingerprint density at radius 1 is 0.833 bits per heavy atom. The van der Waals surface area contributed by atoms with Crippen molar-refractivity contribution in [2.24, 2.45) is 23.3 Å². The van der Waals surface area contributed by atoms with Gasteiger partial charge in [-0.3, -0.25) is 9.59 Å². The molecule has 0 aliphatic rings. The zero-order valence-corrected chi connectivity index (χ0v) is 11.7. The van der Waals surface area contributed by atoms with Crippen LogP contribution in [0.25, 0.3) is 0 Å². The van der Waals surface area contributed by atoms with Gasteiger partial charge in [0.25, 0.3) is 0 Å². The molecule has 18 heavy (non-hydrogen) atoms. The van der Waals surface area contributed by atoms with Gasteiger partial charge in [-0.25, -0.2) is 0 Å². The fourth-order valence-electron chi connectivity index (χ4n) is 1.21. The molecule has 0 rings (SSSR count). The van der Waals surface area contributed by atoms with E-state index in [2.05, 4.69) is 10.6 Å². The molecule has 0 aliphatic heterocycles. The van der Waals surface area contributed by atoms with E-state index < -0.39 is 12.1 Å². The summed E-state index contributed by atoms with van der Waals surface area (Å²) in [5, 5.41) is 5.34. The maximum atomic E-state index is 11.5. The molecule has 2 atom stereocenters. The predicted molar refractivity (Wildman–Crippen MR) is 71.6 cm³/mol. The largest absolute Gasteiger partial charge is 0.353 e. The molecule has 106 valence electrons. The van der Waals surface area contributed by atoms with Crippen LogP contribution in [0, 0.1) is 11.8 Å². The van der Waals surface area contributed by atoms with E-state index in [4.69, 9.17) is 11.5 Å². The van der Waals surface area contributed by atoms with E-state index in [-0.39, 0.29) is 23.7 Å². The van der Waals surface area contributed by atoms with Crippen molar-refractivity contribution in [3.63, 3.8) is 0 Å². The molecule has 0 aliphatic carbocycles. The second-order valence-electron chi connectivity index (χ2n) is 5.12. The molecule has 0 saturated carbocycles. The average molecular weight is 258 g/mol. The molecular formula is C12H26N4O2. The van der Waals surface area contributed by atoms with E-state index in [9.17, 15) is 9.59 Å². The molecule has 2 amide bonds. The molecule has 6 nitrogen and oxygen atoms in total. The highest BCUT2D eigenvalue weighted by atomic mass is 16.2.